The van der Waals surface area contributed by atoms with Gasteiger partial charge in [-0.3, -0.25) is 0 Å². The minimum atomic E-state index is -0.322. The van der Waals surface area contributed by atoms with Gasteiger partial charge in [0, 0.05) is 6.92 Å². The lowest BCUT2D eigenvalue weighted by Crippen LogP contribution is -2.13. The van der Waals surface area contributed by atoms with Gasteiger partial charge in [0.1, 0.15) is 0 Å². The van der Waals surface area contributed by atoms with Crippen molar-refractivity contribution in [2.75, 3.05) is 0 Å². The molecule has 1 unspecified atom stereocenters. The van der Waals surface area contributed by atoms with Crippen molar-refractivity contribution in [3.8, 4) is 0 Å². The Kier molecular flexibility index (Phi) is 2.75. The molecule has 2 rings (SSSR count). The zero-order chi connectivity index (χ0) is 11.7. The molecule has 0 saturated heterocycles. The molecule has 0 aliphatic rings. The van der Waals surface area contributed by atoms with Crippen LogP contribution < -0.4 is 5.73 Å². The van der Waals surface area contributed by atoms with Gasteiger partial charge in [0.25, 0.3) is 0 Å². The largest absolute Gasteiger partial charge is 0.340 e. The number of nitrogens with zero attached hydrogens (tertiary/aromatic N) is 2. The van der Waals surface area contributed by atoms with E-state index in [2.05, 4.69) is 36.1 Å². The van der Waals surface area contributed by atoms with Crippen molar-refractivity contribution in [2.45, 2.75) is 26.8 Å². The molecule has 0 fully saturated rings. The van der Waals surface area contributed by atoms with Crippen molar-refractivity contribution in [2.24, 2.45) is 5.73 Å². The summed E-state index contributed by atoms with van der Waals surface area (Å²) >= 11 is 0. The summed E-state index contributed by atoms with van der Waals surface area (Å²) in [5.41, 5.74) is 9.53. The van der Waals surface area contributed by atoms with E-state index in [0.29, 0.717) is 11.7 Å². The van der Waals surface area contributed by atoms with Crippen LogP contribution in [-0.4, -0.2) is 10.1 Å². The molecule has 1 aromatic carbocycles. The molecule has 0 aliphatic heterocycles. The monoisotopic (exact) mass is 217 g/mol. The molecule has 1 aromatic heterocycles. The van der Waals surface area contributed by atoms with Gasteiger partial charge in [0.2, 0.25) is 5.89 Å². The lowest BCUT2D eigenvalue weighted by atomic mass is 10.0. The van der Waals surface area contributed by atoms with Crippen LogP contribution in [0.3, 0.4) is 0 Å². The quantitative estimate of drug-likeness (QED) is 0.836. The Bertz CT molecular complexity index is 505. The fraction of sp³-hybridized carbons (Fsp3) is 0.333. The highest BCUT2D eigenvalue weighted by molar-refractivity contribution is 5.33. The van der Waals surface area contributed by atoms with Crippen LogP contribution in [0.2, 0.25) is 0 Å². The van der Waals surface area contributed by atoms with Crippen molar-refractivity contribution in [1.29, 1.82) is 0 Å². The van der Waals surface area contributed by atoms with Gasteiger partial charge >= 0.3 is 0 Å². The number of hydrogen-bond acceptors (Lipinski definition) is 4. The van der Waals surface area contributed by atoms with E-state index in [0.717, 1.165) is 5.56 Å². The fourth-order valence-corrected chi connectivity index (χ4v) is 1.55. The van der Waals surface area contributed by atoms with E-state index in [-0.39, 0.29) is 6.04 Å². The zero-order valence-electron chi connectivity index (χ0n) is 9.69. The molecule has 1 heterocycles. The van der Waals surface area contributed by atoms with E-state index >= 15 is 0 Å². The predicted octanol–water partition coefficient (Wildman–Crippen LogP) is 2.04. The molecule has 1 atom stereocenters. The van der Waals surface area contributed by atoms with E-state index in [1.165, 1.54) is 11.1 Å². The summed E-state index contributed by atoms with van der Waals surface area (Å²) in [5.74, 6) is 1.06. The minimum absolute atomic E-state index is 0.322. The first-order valence-electron chi connectivity index (χ1n) is 5.21. The second kappa shape index (κ2) is 4.06. The van der Waals surface area contributed by atoms with E-state index < -0.39 is 0 Å². The molecule has 0 radical (unpaired) electrons. The van der Waals surface area contributed by atoms with Crippen LogP contribution in [0, 0.1) is 20.8 Å². The maximum atomic E-state index is 6.06. The third-order valence-electron chi connectivity index (χ3n) is 2.71. The van der Waals surface area contributed by atoms with E-state index in [1.807, 2.05) is 6.07 Å². The fourth-order valence-electron chi connectivity index (χ4n) is 1.55. The summed E-state index contributed by atoms with van der Waals surface area (Å²) in [6, 6.07) is 5.79. The smallest absolute Gasteiger partial charge is 0.223 e. The van der Waals surface area contributed by atoms with Gasteiger partial charge in [-0.15, -0.1) is 0 Å². The number of nitrogens with two attached hydrogens (primary N) is 1. The molecule has 4 nitrogen and oxygen atoms in total. The molecule has 2 aromatic rings. The Morgan fingerprint density at radius 2 is 1.94 bits per heavy atom. The Balaban J connectivity index is 2.33. The van der Waals surface area contributed by atoms with Crippen molar-refractivity contribution >= 4 is 0 Å². The standard InChI is InChI=1S/C12H15N3O/c1-7-4-5-10(6-8(7)2)11(13)12-14-9(3)16-15-12/h4-6,11H,13H2,1-3H3. The molecular formula is C12H15N3O. The molecule has 0 amide bonds. The first kappa shape index (κ1) is 10.8. The lowest BCUT2D eigenvalue weighted by Gasteiger charge is -2.09. The van der Waals surface area contributed by atoms with Crippen molar-refractivity contribution < 1.29 is 4.52 Å². The molecule has 0 aliphatic carbocycles. The molecule has 16 heavy (non-hydrogen) atoms. The predicted molar refractivity (Wildman–Crippen MR) is 61.0 cm³/mol. The normalized spacial score (nSPS) is 12.8. The van der Waals surface area contributed by atoms with Gasteiger partial charge in [-0.05, 0) is 30.5 Å². The average molecular weight is 217 g/mol. The number of rotatable bonds is 2. The van der Waals surface area contributed by atoms with Gasteiger partial charge in [0.15, 0.2) is 5.82 Å². The van der Waals surface area contributed by atoms with E-state index in [9.17, 15) is 0 Å². The maximum absolute atomic E-state index is 6.06. The summed E-state index contributed by atoms with van der Waals surface area (Å²) in [5, 5.41) is 3.83. The van der Waals surface area contributed by atoms with Crippen LogP contribution in [0.5, 0.6) is 0 Å². The summed E-state index contributed by atoms with van der Waals surface area (Å²) in [6.07, 6.45) is 0. The molecule has 0 bridgehead atoms. The van der Waals surface area contributed by atoms with Crippen LogP contribution in [-0.2, 0) is 0 Å². The number of aromatic nitrogens is 2. The topological polar surface area (TPSA) is 64.9 Å². The Labute approximate surface area is 94.5 Å². The highest BCUT2D eigenvalue weighted by atomic mass is 16.5. The molecule has 0 saturated carbocycles. The third kappa shape index (κ3) is 1.97. The zero-order valence-corrected chi connectivity index (χ0v) is 9.69. The summed E-state index contributed by atoms with van der Waals surface area (Å²) < 4.78 is 4.92. The Morgan fingerprint density at radius 1 is 1.19 bits per heavy atom. The van der Waals surface area contributed by atoms with Gasteiger partial charge in [-0.25, -0.2) is 0 Å². The summed E-state index contributed by atoms with van der Waals surface area (Å²) in [4.78, 5) is 4.14. The lowest BCUT2D eigenvalue weighted by molar-refractivity contribution is 0.385. The van der Waals surface area contributed by atoms with Crippen molar-refractivity contribution in [3.63, 3.8) is 0 Å². The number of benzene rings is 1. The summed E-state index contributed by atoms with van der Waals surface area (Å²) in [7, 11) is 0. The van der Waals surface area contributed by atoms with Crippen LogP contribution in [0.25, 0.3) is 0 Å². The molecule has 84 valence electrons. The molecule has 4 heteroatoms. The summed E-state index contributed by atoms with van der Waals surface area (Å²) in [6.45, 7) is 5.89. The SMILES string of the molecule is Cc1nc(C(N)c2ccc(C)c(C)c2)no1. The van der Waals surface area contributed by atoms with Crippen LogP contribution in [0.4, 0.5) is 0 Å². The second-order valence-electron chi connectivity index (χ2n) is 3.99. The second-order valence-corrected chi connectivity index (χ2v) is 3.99. The molecule has 2 N–H and O–H groups in total. The van der Waals surface area contributed by atoms with Gasteiger partial charge < -0.3 is 10.3 Å². The van der Waals surface area contributed by atoms with E-state index in [4.69, 9.17) is 10.3 Å². The van der Waals surface area contributed by atoms with Gasteiger partial charge in [-0.1, -0.05) is 23.4 Å². The van der Waals surface area contributed by atoms with E-state index in [1.54, 1.807) is 6.92 Å². The Hall–Kier alpha value is -1.68. The first-order valence-corrected chi connectivity index (χ1v) is 5.21. The molecular weight excluding hydrogens is 202 g/mol. The van der Waals surface area contributed by atoms with Crippen LogP contribution in [0.1, 0.15) is 34.4 Å². The van der Waals surface area contributed by atoms with Crippen LogP contribution >= 0.6 is 0 Å². The molecule has 0 spiro atoms. The van der Waals surface area contributed by atoms with Crippen molar-refractivity contribution in [1.82, 2.24) is 10.1 Å². The highest BCUT2D eigenvalue weighted by Crippen LogP contribution is 2.19. The van der Waals surface area contributed by atoms with Crippen LogP contribution in [0.15, 0.2) is 22.7 Å². The van der Waals surface area contributed by atoms with Crippen molar-refractivity contribution in [3.05, 3.63) is 46.6 Å². The number of hydrogen-bond donors (Lipinski definition) is 1. The highest BCUT2D eigenvalue weighted by Gasteiger charge is 2.15. The first-order chi connectivity index (χ1) is 7.58. The average Bonchev–Trinajstić information content (AvgIpc) is 2.68. The number of aryl methyl sites for hydroxylation is 3. The maximum Gasteiger partial charge on any atom is 0.223 e. The minimum Gasteiger partial charge on any atom is -0.340 e. The Morgan fingerprint density at radius 3 is 2.50 bits per heavy atom. The third-order valence-corrected chi connectivity index (χ3v) is 2.71. The van der Waals surface area contributed by atoms with Gasteiger partial charge in [-0.2, -0.15) is 4.98 Å². The van der Waals surface area contributed by atoms with Gasteiger partial charge in [0.05, 0.1) is 6.04 Å².